The van der Waals surface area contributed by atoms with Gasteiger partial charge in [0.2, 0.25) is 0 Å². The molecule has 3 rings (SSSR count). The molecule has 2 aromatic rings. The molecular weight excluding hydrogens is 358 g/mol. The summed E-state index contributed by atoms with van der Waals surface area (Å²) >= 11 is 1.76. The van der Waals surface area contributed by atoms with Gasteiger partial charge in [0.1, 0.15) is 5.82 Å². The summed E-state index contributed by atoms with van der Waals surface area (Å²) in [4.78, 5) is 15.1. The Bertz CT molecular complexity index is 684. The van der Waals surface area contributed by atoms with E-state index in [9.17, 15) is 0 Å². The van der Waals surface area contributed by atoms with E-state index in [4.69, 9.17) is 4.74 Å². The lowest BCUT2D eigenvalue weighted by Gasteiger charge is -2.25. The average Bonchev–Trinajstić information content (AvgIpc) is 3.32. The van der Waals surface area contributed by atoms with Gasteiger partial charge in [0.25, 0.3) is 0 Å². The molecule has 2 aromatic heterocycles. The number of anilines is 1. The molecule has 0 aliphatic carbocycles. The summed E-state index contributed by atoms with van der Waals surface area (Å²) in [5.74, 6) is 1.71. The monoisotopic (exact) mass is 389 g/mol. The van der Waals surface area contributed by atoms with Gasteiger partial charge in [-0.2, -0.15) is 0 Å². The zero-order chi connectivity index (χ0) is 19.1. The number of aromatic nitrogens is 2. The smallest absolute Gasteiger partial charge is 0.128 e. The number of likely N-dealkylation sites (N-methyl/N-ethyl adjacent to an activating group) is 1. The van der Waals surface area contributed by atoms with Gasteiger partial charge in [-0.1, -0.05) is 6.07 Å². The van der Waals surface area contributed by atoms with Crippen molar-refractivity contribution in [1.29, 1.82) is 0 Å². The highest BCUT2D eigenvalue weighted by Gasteiger charge is 2.20. The van der Waals surface area contributed by atoms with Crippen LogP contribution in [0.1, 0.15) is 22.6 Å². The lowest BCUT2D eigenvalue weighted by Crippen LogP contribution is -2.30. The number of hydrogen-bond acceptors (Lipinski definition) is 7. The van der Waals surface area contributed by atoms with E-state index in [1.165, 1.54) is 16.9 Å². The number of nitrogens with one attached hydrogen (secondary N) is 1. The fourth-order valence-corrected chi connectivity index (χ4v) is 4.26. The van der Waals surface area contributed by atoms with Gasteiger partial charge in [0.15, 0.2) is 0 Å². The molecule has 1 aliphatic rings. The number of thiazole rings is 1. The van der Waals surface area contributed by atoms with Gasteiger partial charge in [0.05, 0.1) is 17.8 Å². The summed E-state index contributed by atoms with van der Waals surface area (Å²) < 4.78 is 5.15. The Morgan fingerprint density at radius 3 is 2.81 bits per heavy atom. The Morgan fingerprint density at radius 2 is 2.19 bits per heavy atom. The molecule has 148 valence electrons. The van der Waals surface area contributed by atoms with E-state index in [1.54, 1.807) is 18.4 Å². The maximum atomic E-state index is 5.15. The van der Waals surface area contributed by atoms with Gasteiger partial charge in [-0.25, -0.2) is 9.97 Å². The molecule has 1 unspecified atom stereocenters. The van der Waals surface area contributed by atoms with Crippen LogP contribution in [-0.4, -0.2) is 61.8 Å². The second kappa shape index (κ2) is 10.1. The highest BCUT2D eigenvalue weighted by Crippen LogP contribution is 2.20. The van der Waals surface area contributed by atoms with E-state index in [0.717, 1.165) is 56.7 Å². The van der Waals surface area contributed by atoms with Crippen LogP contribution in [-0.2, 0) is 17.8 Å². The van der Waals surface area contributed by atoms with Crippen LogP contribution in [0.3, 0.4) is 0 Å². The van der Waals surface area contributed by atoms with Gasteiger partial charge in [-0.15, -0.1) is 11.3 Å². The highest BCUT2D eigenvalue weighted by atomic mass is 32.1. The minimum atomic E-state index is 0.706. The van der Waals surface area contributed by atoms with Crippen molar-refractivity contribution >= 4 is 17.2 Å². The summed E-state index contributed by atoms with van der Waals surface area (Å²) in [5, 5.41) is 3.48. The number of pyridine rings is 1. The first-order valence-corrected chi connectivity index (χ1v) is 10.5. The molecule has 0 amide bonds. The second-order valence-electron chi connectivity index (χ2n) is 7.33. The van der Waals surface area contributed by atoms with Crippen LogP contribution >= 0.6 is 11.3 Å². The summed E-state index contributed by atoms with van der Waals surface area (Å²) in [6, 6.07) is 4.31. The zero-order valence-corrected chi connectivity index (χ0v) is 17.5. The van der Waals surface area contributed by atoms with Gasteiger partial charge < -0.3 is 15.0 Å². The van der Waals surface area contributed by atoms with E-state index in [2.05, 4.69) is 44.1 Å². The van der Waals surface area contributed by atoms with Crippen molar-refractivity contribution in [3.8, 4) is 0 Å². The van der Waals surface area contributed by atoms with Crippen LogP contribution in [0.2, 0.25) is 0 Å². The van der Waals surface area contributed by atoms with Gasteiger partial charge in [-0.3, -0.25) is 4.90 Å². The van der Waals surface area contributed by atoms with Crippen LogP contribution in [0.5, 0.6) is 0 Å². The number of nitrogens with zero attached hydrogens (tertiary/aromatic N) is 4. The summed E-state index contributed by atoms with van der Waals surface area (Å²) in [7, 11) is 3.77. The highest BCUT2D eigenvalue weighted by molar-refractivity contribution is 7.09. The second-order valence-corrected chi connectivity index (χ2v) is 8.27. The summed E-state index contributed by atoms with van der Waals surface area (Å²) in [5.41, 5.74) is 4.36. The number of hydrogen-bond donors (Lipinski definition) is 1. The van der Waals surface area contributed by atoms with Crippen LogP contribution in [0.4, 0.5) is 5.82 Å². The summed E-state index contributed by atoms with van der Waals surface area (Å²) in [6.45, 7) is 8.91. The molecule has 27 heavy (non-hydrogen) atoms. The molecular formula is C20H31N5OS. The van der Waals surface area contributed by atoms with Crippen molar-refractivity contribution in [2.75, 3.05) is 51.8 Å². The standard InChI is InChI=1S/C20H31N5OS/c1-16-19(27-15-23-16)14-25(13-18-6-7-21-10-18)12-17-4-5-20(22-11-17)24(2)8-9-26-3/h4-5,11,15,18,21H,6-10,12-14H2,1-3H3. The molecule has 0 bridgehead atoms. The molecule has 6 nitrogen and oxygen atoms in total. The van der Waals surface area contributed by atoms with Gasteiger partial charge in [-0.05, 0) is 44.0 Å². The van der Waals surface area contributed by atoms with Crippen molar-refractivity contribution in [3.63, 3.8) is 0 Å². The third kappa shape index (κ3) is 5.97. The molecule has 1 saturated heterocycles. The molecule has 0 saturated carbocycles. The number of methoxy groups -OCH3 is 1. The Balaban J connectivity index is 1.64. The van der Waals surface area contributed by atoms with E-state index in [1.807, 2.05) is 18.8 Å². The first-order valence-electron chi connectivity index (χ1n) is 9.62. The van der Waals surface area contributed by atoms with Gasteiger partial charge >= 0.3 is 0 Å². The number of ether oxygens (including phenoxy) is 1. The number of aryl methyl sites for hydroxylation is 1. The average molecular weight is 390 g/mol. The Hall–Kier alpha value is -1.54. The molecule has 1 fully saturated rings. The lowest BCUT2D eigenvalue weighted by molar-refractivity contribution is 0.206. The zero-order valence-electron chi connectivity index (χ0n) is 16.6. The lowest BCUT2D eigenvalue weighted by atomic mass is 10.1. The molecule has 0 aromatic carbocycles. The number of rotatable bonds is 10. The largest absolute Gasteiger partial charge is 0.383 e. The van der Waals surface area contributed by atoms with E-state index in [-0.39, 0.29) is 0 Å². The maximum Gasteiger partial charge on any atom is 0.128 e. The molecule has 3 heterocycles. The molecule has 1 aliphatic heterocycles. The molecule has 1 N–H and O–H groups in total. The Kier molecular flexibility index (Phi) is 7.58. The molecule has 0 spiro atoms. The van der Waals surface area contributed by atoms with E-state index >= 15 is 0 Å². The Labute approximate surface area is 166 Å². The predicted molar refractivity (Wildman–Crippen MR) is 111 cm³/mol. The maximum absolute atomic E-state index is 5.15. The third-order valence-electron chi connectivity index (χ3n) is 5.13. The first-order chi connectivity index (χ1) is 13.2. The SMILES string of the molecule is COCCN(C)c1ccc(CN(Cc2scnc2C)CC2CCNC2)cn1. The normalized spacial score (nSPS) is 17.0. The van der Waals surface area contributed by atoms with E-state index in [0.29, 0.717) is 6.61 Å². The predicted octanol–water partition coefficient (Wildman–Crippen LogP) is 2.54. The molecule has 0 radical (unpaired) electrons. The fourth-order valence-electron chi connectivity index (χ4n) is 3.44. The van der Waals surface area contributed by atoms with Gasteiger partial charge in [0, 0.05) is 51.4 Å². The minimum Gasteiger partial charge on any atom is -0.383 e. The molecule has 1 atom stereocenters. The topological polar surface area (TPSA) is 53.5 Å². The van der Waals surface area contributed by atoms with Crippen LogP contribution in [0.15, 0.2) is 23.8 Å². The van der Waals surface area contributed by atoms with Crippen LogP contribution in [0.25, 0.3) is 0 Å². The van der Waals surface area contributed by atoms with Crippen molar-refractivity contribution in [1.82, 2.24) is 20.2 Å². The van der Waals surface area contributed by atoms with Crippen molar-refractivity contribution in [2.24, 2.45) is 5.92 Å². The summed E-state index contributed by atoms with van der Waals surface area (Å²) in [6.07, 6.45) is 3.28. The van der Waals surface area contributed by atoms with E-state index < -0.39 is 0 Å². The quantitative estimate of drug-likeness (QED) is 0.674. The Morgan fingerprint density at radius 1 is 1.30 bits per heavy atom. The van der Waals surface area contributed by atoms with Crippen LogP contribution in [0, 0.1) is 12.8 Å². The first kappa shape index (κ1) is 20.2. The van der Waals surface area contributed by atoms with Crippen molar-refractivity contribution in [3.05, 3.63) is 40.0 Å². The van der Waals surface area contributed by atoms with Crippen molar-refractivity contribution in [2.45, 2.75) is 26.4 Å². The fraction of sp³-hybridized carbons (Fsp3) is 0.600. The third-order valence-corrected chi connectivity index (χ3v) is 6.05. The van der Waals surface area contributed by atoms with Crippen molar-refractivity contribution < 1.29 is 4.74 Å². The molecule has 7 heteroatoms. The minimum absolute atomic E-state index is 0.706. The van der Waals surface area contributed by atoms with Crippen LogP contribution < -0.4 is 10.2 Å².